The SMILES string of the molecule is Cc1cc(O)c(CCC(=O)O)c(C)c1Br. The maximum absolute atomic E-state index is 10.5. The second kappa shape index (κ2) is 4.66. The molecule has 82 valence electrons. The normalized spacial score (nSPS) is 10.3. The van der Waals surface area contributed by atoms with Crippen LogP contribution in [0.2, 0.25) is 0 Å². The number of halogens is 1. The number of aromatic hydroxyl groups is 1. The molecule has 0 amide bonds. The lowest BCUT2D eigenvalue weighted by molar-refractivity contribution is -0.136. The van der Waals surface area contributed by atoms with Crippen molar-refractivity contribution in [1.29, 1.82) is 0 Å². The lowest BCUT2D eigenvalue weighted by Crippen LogP contribution is -2.00. The molecule has 0 bridgehead atoms. The van der Waals surface area contributed by atoms with Gasteiger partial charge in [-0.1, -0.05) is 15.9 Å². The van der Waals surface area contributed by atoms with E-state index in [-0.39, 0.29) is 12.2 Å². The number of rotatable bonds is 3. The van der Waals surface area contributed by atoms with E-state index in [1.54, 1.807) is 6.07 Å². The van der Waals surface area contributed by atoms with E-state index in [1.165, 1.54) is 0 Å². The van der Waals surface area contributed by atoms with E-state index in [4.69, 9.17) is 5.11 Å². The molecule has 0 unspecified atom stereocenters. The minimum atomic E-state index is -0.856. The molecule has 1 aromatic rings. The Labute approximate surface area is 96.9 Å². The number of aliphatic carboxylic acids is 1. The highest BCUT2D eigenvalue weighted by Gasteiger charge is 2.12. The number of aryl methyl sites for hydroxylation is 1. The molecule has 0 atom stereocenters. The van der Waals surface area contributed by atoms with Crippen molar-refractivity contribution in [2.45, 2.75) is 26.7 Å². The molecule has 0 radical (unpaired) electrons. The second-order valence-corrected chi connectivity index (χ2v) is 4.32. The van der Waals surface area contributed by atoms with Crippen LogP contribution >= 0.6 is 15.9 Å². The molecule has 15 heavy (non-hydrogen) atoms. The van der Waals surface area contributed by atoms with Gasteiger partial charge in [0.1, 0.15) is 5.75 Å². The topological polar surface area (TPSA) is 57.5 Å². The van der Waals surface area contributed by atoms with Crippen molar-refractivity contribution in [1.82, 2.24) is 0 Å². The molecule has 0 aliphatic rings. The van der Waals surface area contributed by atoms with Gasteiger partial charge in [-0.2, -0.15) is 0 Å². The maximum Gasteiger partial charge on any atom is 0.303 e. The highest BCUT2D eigenvalue weighted by atomic mass is 79.9. The summed E-state index contributed by atoms with van der Waals surface area (Å²) < 4.78 is 0.931. The van der Waals surface area contributed by atoms with Gasteiger partial charge in [-0.05, 0) is 43.0 Å². The van der Waals surface area contributed by atoms with Gasteiger partial charge >= 0.3 is 5.97 Å². The molecule has 0 aliphatic heterocycles. The van der Waals surface area contributed by atoms with E-state index in [0.29, 0.717) is 12.0 Å². The molecule has 3 nitrogen and oxygen atoms in total. The standard InChI is InChI=1S/C11H13BrO3/c1-6-5-9(13)8(3-4-10(14)15)7(2)11(6)12/h5,13H,3-4H2,1-2H3,(H,14,15). The van der Waals surface area contributed by atoms with E-state index in [2.05, 4.69) is 15.9 Å². The number of carboxylic acids is 1. The molecule has 2 N–H and O–H groups in total. The third kappa shape index (κ3) is 2.72. The Bertz CT molecular complexity index is 399. The van der Waals surface area contributed by atoms with Gasteiger partial charge in [-0.15, -0.1) is 0 Å². The average molecular weight is 273 g/mol. The van der Waals surface area contributed by atoms with Crippen LogP contribution in [0.4, 0.5) is 0 Å². The quantitative estimate of drug-likeness (QED) is 0.890. The van der Waals surface area contributed by atoms with Crippen LogP contribution < -0.4 is 0 Å². The van der Waals surface area contributed by atoms with Gasteiger partial charge in [0.25, 0.3) is 0 Å². The van der Waals surface area contributed by atoms with E-state index < -0.39 is 5.97 Å². The maximum atomic E-state index is 10.5. The molecule has 0 fully saturated rings. The monoisotopic (exact) mass is 272 g/mol. The van der Waals surface area contributed by atoms with Crippen LogP contribution in [-0.2, 0) is 11.2 Å². The van der Waals surface area contributed by atoms with Gasteiger partial charge in [0.05, 0.1) is 0 Å². The van der Waals surface area contributed by atoms with Gasteiger partial charge in [-0.25, -0.2) is 0 Å². The summed E-state index contributed by atoms with van der Waals surface area (Å²) in [4.78, 5) is 10.5. The summed E-state index contributed by atoms with van der Waals surface area (Å²) in [7, 11) is 0. The van der Waals surface area contributed by atoms with Crippen LogP contribution in [0.1, 0.15) is 23.1 Å². The summed E-state index contributed by atoms with van der Waals surface area (Å²) in [6, 6.07) is 1.65. The minimum Gasteiger partial charge on any atom is -0.508 e. The third-order valence-corrected chi connectivity index (χ3v) is 3.60. The zero-order valence-corrected chi connectivity index (χ0v) is 10.3. The predicted octanol–water partition coefficient (Wildman–Crippen LogP) is 2.79. The molecule has 0 heterocycles. The molecule has 0 aliphatic carbocycles. The zero-order valence-electron chi connectivity index (χ0n) is 8.67. The molecule has 0 spiro atoms. The first-order chi connectivity index (χ1) is 6.93. The fraction of sp³-hybridized carbons (Fsp3) is 0.364. The van der Waals surface area contributed by atoms with Crippen LogP contribution in [0.5, 0.6) is 5.75 Å². The van der Waals surface area contributed by atoms with Gasteiger partial charge in [0.2, 0.25) is 0 Å². The molecule has 0 aromatic heterocycles. The molecule has 0 saturated heterocycles. The fourth-order valence-corrected chi connectivity index (χ4v) is 1.88. The first kappa shape index (κ1) is 12.0. The minimum absolute atomic E-state index is 0.0316. The van der Waals surface area contributed by atoms with Gasteiger partial charge in [0, 0.05) is 10.9 Å². The van der Waals surface area contributed by atoms with E-state index in [0.717, 1.165) is 15.6 Å². The number of phenolic OH excluding ortho intramolecular Hbond substituents is 1. The lowest BCUT2D eigenvalue weighted by atomic mass is 10.0. The van der Waals surface area contributed by atoms with Crippen molar-refractivity contribution in [3.63, 3.8) is 0 Å². The average Bonchev–Trinajstić information content (AvgIpc) is 2.14. The van der Waals surface area contributed by atoms with Crippen LogP contribution in [0.15, 0.2) is 10.5 Å². The molecule has 0 saturated carbocycles. The Morgan fingerprint density at radius 2 is 2.07 bits per heavy atom. The summed E-state index contributed by atoms with van der Waals surface area (Å²) >= 11 is 3.41. The number of phenols is 1. The Kier molecular flexibility index (Phi) is 3.74. The second-order valence-electron chi connectivity index (χ2n) is 3.52. The van der Waals surface area contributed by atoms with E-state index in [9.17, 15) is 9.90 Å². The van der Waals surface area contributed by atoms with Crippen molar-refractivity contribution < 1.29 is 15.0 Å². The largest absolute Gasteiger partial charge is 0.508 e. The Morgan fingerprint density at radius 1 is 1.47 bits per heavy atom. The van der Waals surface area contributed by atoms with Crippen molar-refractivity contribution in [3.8, 4) is 5.75 Å². The highest BCUT2D eigenvalue weighted by molar-refractivity contribution is 9.10. The van der Waals surface area contributed by atoms with Crippen molar-refractivity contribution in [3.05, 3.63) is 27.2 Å². The summed E-state index contributed by atoms with van der Waals surface area (Å²) in [5.74, 6) is -0.681. The van der Waals surface area contributed by atoms with Gasteiger partial charge < -0.3 is 10.2 Å². The van der Waals surface area contributed by atoms with Crippen LogP contribution in [0.3, 0.4) is 0 Å². The molecular weight excluding hydrogens is 260 g/mol. The predicted molar refractivity (Wildman–Crippen MR) is 61.2 cm³/mol. The number of hydrogen-bond acceptors (Lipinski definition) is 2. The third-order valence-electron chi connectivity index (χ3n) is 2.38. The number of benzene rings is 1. The Balaban J connectivity index is 3.07. The van der Waals surface area contributed by atoms with Crippen LogP contribution in [0.25, 0.3) is 0 Å². The summed E-state index contributed by atoms with van der Waals surface area (Å²) in [6.07, 6.45) is 0.385. The van der Waals surface area contributed by atoms with Gasteiger partial charge in [-0.3, -0.25) is 4.79 Å². The molecule has 1 rings (SSSR count). The first-order valence-corrected chi connectivity index (χ1v) is 5.42. The summed E-state index contributed by atoms with van der Waals surface area (Å²) in [5.41, 5.74) is 2.56. The molecule has 1 aromatic carbocycles. The van der Waals surface area contributed by atoms with E-state index in [1.807, 2.05) is 13.8 Å². The van der Waals surface area contributed by atoms with Gasteiger partial charge in [0.15, 0.2) is 0 Å². The summed E-state index contributed by atoms with van der Waals surface area (Å²) in [5, 5.41) is 18.3. The van der Waals surface area contributed by atoms with Crippen molar-refractivity contribution in [2.24, 2.45) is 0 Å². The summed E-state index contributed by atoms with van der Waals surface area (Å²) in [6.45, 7) is 3.76. The molecule has 4 heteroatoms. The Hall–Kier alpha value is -1.03. The van der Waals surface area contributed by atoms with Crippen LogP contribution in [-0.4, -0.2) is 16.2 Å². The number of hydrogen-bond donors (Lipinski definition) is 2. The van der Waals surface area contributed by atoms with Crippen molar-refractivity contribution in [2.75, 3.05) is 0 Å². The Morgan fingerprint density at radius 3 is 2.60 bits per heavy atom. The smallest absolute Gasteiger partial charge is 0.303 e. The lowest BCUT2D eigenvalue weighted by Gasteiger charge is -2.11. The van der Waals surface area contributed by atoms with Crippen LogP contribution in [0, 0.1) is 13.8 Å². The van der Waals surface area contributed by atoms with Crippen molar-refractivity contribution >= 4 is 21.9 Å². The first-order valence-electron chi connectivity index (χ1n) is 4.62. The number of carboxylic acid groups (broad SMARTS) is 1. The highest BCUT2D eigenvalue weighted by Crippen LogP contribution is 2.31. The van der Waals surface area contributed by atoms with E-state index >= 15 is 0 Å². The molecular formula is C11H13BrO3. The number of carbonyl (C=O) groups is 1. The fourth-order valence-electron chi connectivity index (χ4n) is 1.52. The zero-order chi connectivity index (χ0) is 11.6.